The molecule has 3 aromatic rings. The van der Waals surface area contributed by atoms with Crippen molar-refractivity contribution in [1.82, 2.24) is 4.57 Å². The number of benzene rings is 1. The van der Waals surface area contributed by atoms with Gasteiger partial charge >= 0.3 is 5.76 Å². The number of hydrogen-bond donors (Lipinski definition) is 0. The van der Waals surface area contributed by atoms with Gasteiger partial charge in [0.25, 0.3) is 0 Å². The first kappa shape index (κ1) is 13.9. The summed E-state index contributed by atoms with van der Waals surface area (Å²) in [5.41, 5.74) is 3.33. The van der Waals surface area contributed by atoms with Crippen LogP contribution in [-0.4, -0.2) is 4.57 Å². The average Bonchev–Trinajstić information content (AvgIpc) is 2.99. The Morgan fingerprint density at radius 1 is 1.40 bits per heavy atom. The molecule has 0 fully saturated rings. The molecule has 0 aliphatic rings. The van der Waals surface area contributed by atoms with Crippen molar-refractivity contribution in [3.05, 3.63) is 55.1 Å². The highest BCUT2D eigenvalue weighted by atomic mass is 79.9. The Labute approximate surface area is 132 Å². The molecule has 1 unspecified atom stereocenters. The standard InChI is InChI=1S/C14H11BrClNO2S/c1-2-17-10-4-3-8(5-11(10)19-14(17)18)13(16)9-6-12(15)20-7-9/h3-7,13H,2H2,1H3. The Balaban J connectivity index is 2.07. The number of rotatable bonds is 3. The van der Waals surface area contributed by atoms with Crippen molar-refractivity contribution in [2.75, 3.05) is 0 Å². The first-order valence-corrected chi connectivity index (χ1v) is 8.22. The number of oxazole rings is 1. The van der Waals surface area contributed by atoms with Crippen LogP contribution >= 0.6 is 38.9 Å². The molecule has 1 atom stereocenters. The summed E-state index contributed by atoms with van der Waals surface area (Å²) in [6.07, 6.45) is 0. The SMILES string of the molecule is CCn1c(=O)oc2cc(C(Cl)c3csc(Br)c3)ccc21. The number of aryl methyl sites for hydroxylation is 1. The van der Waals surface area contributed by atoms with Gasteiger partial charge in [-0.15, -0.1) is 22.9 Å². The van der Waals surface area contributed by atoms with Gasteiger partial charge in [-0.1, -0.05) is 6.07 Å². The summed E-state index contributed by atoms with van der Waals surface area (Å²) >= 11 is 11.5. The highest BCUT2D eigenvalue weighted by Crippen LogP contribution is 2.34. The van der Waals surface area contributed by atoms with Gasteiger partial charge in [-0.25, -0.2) is 4.79 Å². The third-order valence-electron chi connectivity index (χ3n) is 3.18. The van der Waals surface area contributed by atoms with Crippen molar-refractivity contribution in [3.63, 3.8) is 0 Å². The van der Waals surface area contributed by atoms with Gasteiger partial charge in [0.2, 0.25) is 0 Å². The van der Waals surface area contributed by atoms with Crippen LogP contribution in [0.2, 0.25) is 0 Å². The molecule has 2 heterocycles. The Hall–Kier alpha value is -1.04. The quantitative estimate of drug-likeness (QED) is 0.621. The second-order valence-corrected chi connectivity index (χ2v) is 7.11. The minimum Gasteiger partial charge on any atom is -0.408 e. The largest absolute Gasteiger partial charge is 0.419 e. The molecule has 0 radical (unpaired) electrons. The van der Waals surface area contributed by atoms with Gasteiger partial charge < -0.3 is 4.42 Å². The van der Waals surface area contributed by atoms with Crippen LogP contribution in [0, 0.1) is 0 Å². The third kappa shape index (κ3) is 2.34. The zero-order valence-corrected chi connectivity index (χ0v) is 13.8. The maximum absolute atomic E-state index is 11.7. The van der Waals surface area contributed by atoms with Crippen LogP contribution in [0.5, 0.6) is 0 Å². The van der Waals surface area contributed by atoms with E-state index in [4.69, 9.17) is 16.0 Å². The van der Waals surface area contributed by atoms with Crippen LogP contribution in [0.1, 0.15) is 23.4 Å². The Morgan fingerprint density at radius 2 is 2.20 bits per heavy atom. The van der Waals surface area contributed by atoms with E-state index in [0.29, 0.717) is 12.1 Å². The van der Waals surface area contributed by atoms with E-state index in [1.54, 1.807) is 15.9 Å². The molecule has 0 saturated carbocycles. The Bertz CT molecular complexity index is 820. The predicted molar refractivity (Wildman–Crippen MR) is 85.9 cm³/mol. The molecule has 0 saturated heterocycles. The summed E-state index contributed by atoms with van der Waals surface area (Å²) in [6.45, 7) is 2.50. The molecule has 0 spiro atoms. The zero-order valence-electron chi connectivity index (χ0n) is 10.6. The number of thiophene rings is 1. The van der Waals surface area contributed by atoms with Crippen molar-refractivity contribution >= 4 is 50.0 Å². The number of hydrogen-bond acceptors (Lipinski definition) is 3. The van der Waals surface area contributed by atoms with Crippen molar-refractivity contribution in [1.29, 1.82) is 0 Å². The molecular weight excluding hydrogens is 362 g/mol. The van der Waals surface area contributed by atoms with E-state index >= 15 is 0 Å². The predicted octanol–water partition coefficient (Wildman–Crippen LogP) is 4.77. The van der Waals surface area contributed by atoms with Crippen molar-refractivity contribution in [2.45, 2.75) is 18.8 Å². The van der Waals surface area contributed by atoms with E-state index in [-0.39, 0.29) is 11.1 Å². The maximum Gasteiger partial charge on any atom is 0.419 e. The topological polar surface area (TPSA) is 35.1 Å². The smallest absolute Gasteiger partial charge is 0.408 e. The van der Waals surface area contributed by atoms with Crippen LogP contribution in [0.25, 0.3) is 11.1 Å². The van der Waals surface area contributed by atoms with Gasteiger partial charge in [0.15, 0.2) is 5.58 Å². The number of alkyl halides is 1. The lowest BCUT2D eigenvalue weighted by molar-refractivity contribution is 0.513. The molecule has 104 valence electrons. The Morgan fingerprint density at radius 3 is 2.85 bits per heavy atom. The minimum absolute atomic E-state index is 0.253. The molecule has 3 nitrogen and oxygen atoms in total. The molecule has 0 aliphatic heterocycles. The fourth-order valence-electron chi connectivity index (χ4n) is 2.19. The lowest BCUT2D eigenvalue weighted by Gasteiger charge is -2.07. The van der Waals surface area contributed by atoms with Gasteiger partial charge in [0.1, 0.15) is 0 Å². The molecule has 3 rings (SSSR count). The molecule has 0 aliphatic carbocycles. The van der Waals surface area contributed by atoms with Gasteiger partial charge in [-0.05, 0) is 57.6 Å². The number of nitrogens with zero attached hydrogens (tertiary/aromatic N) is 1. The van der Waals surface area contributed by atoms with Crippen molar-refractivity contribution in [2.24, 2.45) is 0 Å². The zero-order chi connectivity index (χ0) is 14.3. The highest BCUT2D eigenvalue weighted by molar-refractivity contribution is 9.11. The molecule has 0 N–H and O–H groups in total. The number of halogens is 2. The first-order valence-electron chi connectivity index (χ1n) is 6.11. The van der Waals surface area contributed by atoms with Crippen LogP contribution in [-0.2, 0) is 6.54 Å². The van der Waals surface area contributed by atoms with Crippen molar-refractivity contribution in [3.8, 4) is 0 Å². The lowest BCUT2D eigenvalue weighted by Crippen LogP contribution is -2.11. The molecule has 0 amide bonds. The summed E-state index contributed by atoms with van der Waals surface area (Å²) in [4.78, 5) is 11.7. The molecule has 1 aromatic carbocycles. The van der Waals surface area contributed by atoms with E-state index in [9.17, 15) is 4.79 Å². The monoisotopic (exact) mass is 371 g/mol. The summed E-state index contributed by atoms with van der Waals surface area (Å²) in [5, 5.41) is 1.76. The summed E-state index contributed by atoms with van der Waals surface area (Å²) in [7, 11) is 0. The molecule has 0 bridgehead atoms. The third-order valence-corrected chi connectivity index (χ3v) is 5.21. The fraction of sp³-hybridized carbons (Fsp3) is 0.214. The summed E-state index contributed by atoms with van der Waals surface area (Å²) < 4.78 is 7.91. The average molecular weight is 373 g/mol. The van der Waals surface area contributed by atoms with Crippen LogP contribution in [0.3, 0.4) is 0 Å². The van der Waals surface area contributed by atoms with Crippen molar-refractivity contribution < 1.29 is 4.42 Å². The fourth-order valence-corrected chi connectivity index (χ4v) is 3.73. The lowest BCUT2D eigenvalue weighted by atomic mass is 10.1. The van der Waals surface area contributed by atoms with Gasteiger partial charge in [0, 0.05) is 6.54 Å². The van der Waals surface area contributed by atoms with Gasteiger partial charge in [-0.2, -0.15) is 0 Å². The van der Waals surface area contributed by atoms with Crippen LogP contribution in [0.4, 0.5) is 0 Å². The molecular formula is C14H11BrClNO2S. The number of fused-ring (bicyclic) bond motifs is 1. The van der Waals surface area contributed by atoms with Crippen LogP contribution < -0.4 is 5.76 Å². The van der Waals surface area contributed by atoms with E-state index in [2.05, 4.69) is 15.9 Å². The normalized spacial score (nSPS) is 12.9. The first-order chi connectivity index (χ1) is 9.60. The van der Waals surface area contributed by atoms with Gasteiger partial charge in [-0.3, -0.25) is 4.57 Å². The number of aromatic nitrogens is 1. The summed E-state index contributed by atoms with van der Waals surface area (Å²) in [6, 6.07) is 7.66. The minimum atomic E-state index is -0.330. The molecule has 20 heavy (non-hydrogen) atoms. The Kier molecular flexibility index (Phi) is 3.75. The maximum atomic E-state index is 11.7. The van der Waals surface area contributed by atoms with E-state index in [1.165, 1.54) is 0 Å². The highest BCUT2D eigenvalue weighted by Gasteiger charge is 2.15. The summed E-state index contributed by atoms with van der Waals surface area (Å²) in [5.74, 6) is -0.330. The second kappa shape index (κ2) is 5.39. The van der Waals surface area contributed by atoms with Crippen LogP contribution in [0.15, 0.2) is 42.6 Å². The van der Waals surface area contributed by atoms with E-state index < -0.39 is 0 Å². The second-order valence-electron chi connectivity index (χ2n) is 4.39. The van der Waals surface area contributed by atoms with E-state index in [0.717, 1.165) is 20.4 Å². The molecule has 2 aromatic heterocycles. The van der Waals surface area contributed by atoms with E-state index in [1.807, 2.05) is 36.6 Å². The van der Waals surface area contributed by atoms with Gasteiger partial charge in [0.05, 0.1) is 14.7 Å². The molecule has 6 heteroatoms.